The van der Waals surface area contributed by atoms with Crippen LogP contribution in [0.2, 0.25) is 0 Å². The molecule has 0 aromatic carbocycles. The number of unbranched alkanes of at least 4 members (excludes halogenated alkanes) is 1. The number of rotatable bonds is 8. The molecule has 112 valence electrons. The molecule has 0 saturated heterocycles. The van der Waals surface area contributed by atoms with Crippen LogP contribution in [0.15, 0.2) is 29.8 Å². The maximum Gasteiger partial charge on any atom is 0.142 e. The topological polar surface area (TPSA) is 49.2 Å². The fraction of sp³-hybridized carbons (Fsp3) is 0.500. The highest BCUT2D eigenvalue weighted by Gasteiger charge is 2.28. The van der Waals surface area contributed by atoms with Crippen molar-refractivity contribution in [3.8, 4) is 10.7 Å². The van der Waals surface area contributed by atoms with E-state index >= 15 is 0 Å². The van der Waals surface area contributed by atoms with Gasteiger partial charge in [-0.05, 0) is 44.4 Å². The molecule has 2 heterocycles. The minimum atomic E-state index is 0.291. The van der Waals surface area contributed by atoms with E-state index in [1.807, 2.05) is 24.4 Å². The van der Waals surface area contributed by atoms with E-state index in [1.165, 1.54) is 12.8 Å². The van der Waals surface area contributed by atoms with Gasteiger partial charge >= 0.3 is 0 Å². The molecular weight excluding hydrogens is 282 g/mol. The van der Waals surface area contributed by atoms with E-state index < -0.39 is 0 Å². The summed E-state index contributed by atoms with van der Waals surface area (Å²) in [7, 11) is 0. The Morgan fingerprint density at radius 1 is 1.29 bits per heavy atom. The zero-order valence-corrected chi connectivity index (χ0v) is 12.9. The van der Waals surface area contributed by atoms with E-state index in [0.29, 0.717) is 6.61 Å². The van der Waals surface area contributed by atoms with Crippen LogP contribution in [0, 0.1) is 0 Å². The van der Waals surface area contributed by atoms with Crippen molar-refractivity contribution in [1.82, 2.24) is 14.9 Å². The lowest BCUT2D eigenvalue weighted by molar-refractivity contribution is 0.227. The molecule has 5 heteroatoms. The van der Waals surface area contributed by atoms with Crippen LogP contribution in [-0.4, -0.2) is 39.2 Å². The van der Waals surface area contributed by atoms with Crippen molar-refractivity contribution in [3.05, 3.63) is 35.5 Å². The number of aliphatic hydroxyl groups is 1. The molecule has 0 atom stereocenters. The molecule has 0 bridgehead atoms. The van der Waals surface area contributed by atoms with Gasteiger partial charge in [0.05, 0.1) is 11.4 Å². The molecule has 1 fully saturated rings. The van der Waals surface area contributed by atoms with Gasteiger partial charge in [0, 0.05) is 30.8 Å². The second-order valence-electron chi connectivity index (χ2n) is 5.49. The third kappa shape index (κ3) is 4.09. The average Bonchev–Trinajstić information content (AvgIpc) is 3.27. The smallest absolute Gasteiger partial charge is 0.142 e. The van der Waals surface area contributed by atoms with E-state index in [1.54, 1.807) is 11.3 Å². The van der Waals surface area contributed by atoms with Gasteiger partial charge in [-0.15, -0.1) is 11.3 Å². The minimum Gasteiger partial charge on any atom is -0.396 e. The molecule has 1 aliphatic rings. The molecule has 0 aliphatic heterocycles. The quantitative estimate of drug-likeness (QED) is 0.762. The molecule has 1 N–H and O–H groups in total. The molecule has 0 spiro atoms. The first-order valence-electron chi connectivity index (χ1n) is 7.57. The van der Waals surface area contributed by atoms with Gasteiger partial charge in [0.1, 0.15) is 5.01 Å². The van der Waals surface area contributed by atoms with E-state index in [0.717, 1.165) is 48.4 Å². The summed E-state index contributed by atoms with van der Waals surface area (Å²) in [6, 6.07) is 6.65. The van der Waals surface area contributed by atoms with Crippen LogP contribution in [0.5, 0.6) is 0 Å². The second-order valence-corrected chi connectivity index (χ2v) is 6.35. The highest BCUT2D eigenvalue weighted by atomic mass is 32.1. The van der Waals surface area contributed by atoms with Crippen LogP contribution < -0.4 is 0 Å². The van der Waals surface area contributed by atoms with Crippen LogP contribution in [-0.2, 0) is 6.54 Å². The number of thiazole rings is 1. The number of pyridine rings is 1. The monoisotopic (exact) mass is 303 g/mol. The molecule has 2 aromatic heterocycles. The van der Waals surface area contributed by atoms with Gasteiger partial charge < -0.3 is 5.11 Å². The molecule has 3 rings (SSSR count). The van der Waals surface area contributed by atoms with Crippen LogP contribution >= 0.6 is 11.3 Å². The lowest BCUT2D eigenvalue weighted by Gasteiger charge is -2.20. The normalized spacial score (nSPS) is 14.8. The Morgan fingerprint density at radius 3 is 2.90 bits per heavy atom. The van der Waals surface area contributed by atoms with E-state index in [4.69, 9.17) is 10.1 Å². The van der Waals surface area contributed by atoms with Crippen molar-refractivity contribution in [3.63, 3.8) is 0 Å². The lowest BCUT2D eigenvalue weighted by Crippen LogP contribution is -2.27. The van der Waals surface area contributed by atoms with Crippen molar-refractivity contribution >= 4 is 11.3 Å². The largest absolute Gasteiger partial charge is 0.396 e. The summed E-state index contributed by atoms with van der Waals surface area (Å²) in [6.45, 7) is 2.26. The maximum absolute atomic E-state index is 8.92. The summed E-state index contributed by atoms with van der Waals surface area (Å²) in [6.07, 6.45) is 6.36. The van der Waals surface area contributed by atoms with Gasteiger partial charge in [-0.25, -0.2) is 4.98 Å². The van der Waals surface area contributed by atoms with Crippen LogP contribution in [0.25, 0.3) is 10.7 Å². The number of aliphatic hydroxyl groups excluding tert-OH is 1. The summed E-state index contributed by atoms with van der Waals surface area (Å²) in [5.74, 6) is 0. The molecule has 1 aliphatic carbocycles. The van der Waals surface area contributed by atoms with Gasteiger partial charge in [0.15, 0.2) is 0 Å². The Kier molecular flexibility index (Phi) is 4.95. The van der Waals surface area contributed by atoms with Crippen molar-refractivity contribution in [2.75, 3.05) is 13.2 Å². The second kappa shape index (κ2) is 7.11. The highest BCUT2D eigenvalue weighted by Crippen LogP contribution is 2.29. The Hall–Kier alpha value is -1.30. The first-order valence-corrected chi connectivity index (χ1v) is 8.45. The van der Waals surface area contributed by atoms with Crippen LogP contribution in [0.1, 0.15) is 31.4 Å². The van der Waals surface area contributed by atoms with E-state index in [2.05, 4.69) is 15.3 Å². The Labute approximate surface area is 129 Å². The van der Waals surface area contributed by atoms with Crippen LogP contribution in [0.4, 0.5) is 0 Å². The maximum atomic E-state index is 8.92. The summed E-state index contributed by atoms with van der Waals surface area (Å²) in [5.41, 5.74) is 2.09. The van der Waals surface area contributed by atoms with Gasteiger partial charge in [-0.3, -0.25) is 9.88 Å². The molecule has 0 radical (unpaired) electrons. The van der Waals surface area contributed by atoms with Crippen molar-refractivity contribution in [2.45, 2.75) is 38.3 Å². The zero-order chi connectivity index (χ0) is 14.5. The summed E-state index contributed by atoms with van der Waals surface area (Å²) in [4.78, 5) is 11.6. The third-order valence-electron chi connectivity index (χ3n) is 3.72. The Bertz CT molecular complexity index is 554. The molecule has 2 aromatic rings. The Balaban J connectivity index is 1.62. The molecule has 0 amide bonds. The predicted molar refractivity (Wildman–Crippen MR) is 85.1 cm³/mol. The highest BCUT2D eigenvalue weighted by molar-refractivity contribution is 7.13. The number of nitrogens with zero attached hydrogens (tertiary/aromatic N) is 3. The first kappa shape index (κ1) is 14.6. The fourth-order valence-electron chi connectivity index (χ4n) is 2.45. The van der Waals surface area contributed by atoms with Crippen molar-refractivity contribution in [1.29, 1.82) is 0 Å². The molecule has 21 heavy (non-hydrogen) atoms. The van der Waals surface area contributed by atoms with E-state index in [9.17, 15) is 0 Å². The third-order valence-corrected chi connectivity index (χ3v) is 4.63. The van der Waals surface area contributed by atoms with Crippen LogP contribution in [0.3, 0.4) is 0 Å². The summed E-state index contributed by atoms with van der Waals surface area (Å²) in [5, 5.41) is 12.1. The average molecular weight is 303 g/mol. The number of hydrogen-bond donors (Lipinski definition) is 1. The first-order chi connectivity index (χ1) is 10.4. The van der Waals surface area contributed by atoms with Crippen molar-refractivity contribution in [2.24, 2.45) is 0 Å². The summed E-state index contributed by atoms with van der Waals surface area (Å²) < 4.78 is 0. The van der Waals surface area contributed by atoms with Gasteiger partial charge in [-0.2, -0.15) is 0 Å². The van der Waals surface area contributed by atoms with Gasteiger partial charge in [-0.1, -0.05) is 6.07 Å². The lowest BCUT2D eigenvalue weighted by atomic mass is 10.3. The molecule has 1 saturated carbocycles. The minimum absolute atomic E-state index is 0.291. The molecule has 4 nitrogen and oxygen atoms in total. The standard InChI is InChI=1S/C16H21N3OS/c20-10-4-3-9-19(14-6-7-14)11-13-12-21-16(18-13)15-5-1-2-8-17-15/h1-2,5,8,12,14,20H,3-4,6-7,9-11H2. The number of hydrogen-bond acceptors (Lipinski definition) is 5. The zero-order valence-electron chi connectivity index (χ0n) is 12.1. The molecule has 0 unspecified atom stereocenters. The predicted octanol–water partition coefficient (Wildman–Crippen LogP) is 2.94. The Morgan fingerprint density at radius 2 is 2.19 bits per heavy atom. The van der Waals surface area contributed by atoms with Gasteiger partial charge in [0.2, 0.25) is 0 Å². The SMILES string of the molecule is OCCCCN(Cc1csc(-c2ccccn2)n1)C1CC1. The van der Waals surface area contributed by atoms with E-state index in [-0.39, 0.29) is 0 Å². The molecular formula is C16H21N3OS. The number of aromatic nitrogens is 2. The van der Waals surface area contributed by atoms with Crippen molar-refractivity contribution < 1.29 is 5.11 Å². The van der Waals surface area contributed by atoms with Gasteiger partial charge in [0.25, 0.3) is 0 Å². The summed E-state index contributed by atoms with van der Waals surface area (Å²) >= 11 is 1.66. The fourth-order valence-corrected chi connectivity index (χ4v) is 3.24.